The number of anilines is 2. The van der Waals surface area contributed by atoms with Crippen LogP contribution in [0, 0.1) is 17.7 Å². The van der Waals surface area contributed by atoms with Gasteiger partial charge in [-0.05, 0) is 31.7 Å². The van der Waals surface area contributed by atoms with Crippen molar-refractivity contribution in [3.05, 3.63) is 11.6 Å². The fourth-order valence-electron chi connectivity index (χ4n) is 5.43. The van der Waals surface area contributed by atoms with Crippen LogP contribution >= 0.6 is 0 Å². The second-order valence-electron chi connectivity index (χ2n) is 9.57. The van der Waals surface area contributed by atoms with Crippen LogP contribution in [0.1, 0.15) is 57.2 Å². The molecule has 194 valence electrons. The fraction of sp³-hybridized carbons (Fsp3) is 0.727. The summed E-state index contributed by atoms with van der Waals surface area (Å²) in [7, 11) is 0. The number of rotatable bonds is 10. The average Bonchev–Trinajstić information content (AvgIpc) is 3.54. The van der Waals surface area contributed by atoms with Crippen molar-refractivity contribution >= 4 is 24.0 Å². The van der Waals surface area contributed by atoms with Crippen molar-refractivity contribution < 1.29 is 28.0 Å². The molecule has 2 amide bonds. The summed E-state index contributed by atoms with van der Waals surface area (Å²) in [5.74, 6) is -3.63. The van der Waals surface area contributed by atoms with Gasteiger partial charge in [-0.3, -0.25) is 30.5 Å². The third-order valence-electron chi connectivity index (χ3n) is 7.23. The number of halogens is 3. The lowest BCUT2D eigenvalue weighted by molar-refractivity contribution is -0.154. The fourth-order valence-corrected chi connectivity index (χ4v) is 5.43. The summed E-state index contributed by atoms with van der Waals surface area (Å²) in [6.45, 7) is 2.35. The van der Waals surface area contributed by atoms with Crippen LogP contribution < -0.4 is 15.8 Å². The van der Waals surface area contributed by atoms with E-state index in [4.69, 9.17) is 0 Å². The van der Waals surface area contributed by atoms with Crippen molar-refractivity contribution in [1.82, 2.24) is 25.4 Å². The van der Waals surface area contributed by atoms with E-state index in [1.54, 1.807) is 4.90 Å². The van der Waals surface area contributed by atoms with Gasteiger partial charge in [0.05, 0.1) is 12.5 Å². The number of hydroxylamine groups is 2. The summed E-state index contributed by atoms with van der Waals surface area (Å²) >= 11 is 0. The molecule has 0 bridgehead atoms. The highest BCUT2D eigenvalue weighted by atomic mass is 19.3. The minimum Gasteiger partial charge on any atom is -0.351 e. The lowest BCUT2D eigenvalue weighted by Crippen LogP contribution is -2.50. The first-order valence-corrected chi connectivity index (χ1v) is 12.2. The molecule has 3 aliphatic rings. The summed E-state index contributed by atoms with van der Waals surface area (Å²) in [6.07, 6.45) is 3.60. The van der Waals surface area contributed by atoms with Gasteiger partial charge in [0.2, 0.25) is 18.1 Å². The van der Waals surface area contributed by atoms with Crippen molar-refractivity contribution in [2.24, 2.45) is 11.8 Å². The SMILES string of the molecule is O=CN(O)C[C@@H](CC1CCCC1)C(=O)NNc1nc(C(F)F)nc(N2CCN3CCC[C@H]3C2)c1F. The highest BCUT2D eigenvalue weighted by Crippen LogP contribution is 2.32. The molecule has 2 saturated heterocycles. The van der Waals surface area contributed by atoms with E-state index in [0.717, 1.165) is 45.1 Å². The Morgan fingerprint density at radius 1 is 1.17 bits per heavy atom. The Kier molecular flexibility index (Phi) is 8.26. The van der Waals surface area contributed by atoms with E-state index in [2.05, 4.69) is 25.7 Å². The number of fused-ring (bicyclic) bond motifs is 1. The Morgan fingerprint density at radius 2 is 1.94 bits per heavy atom. The Bertz CT molecular complexity index is 903. The third kappa shape index (κ3) is 6.13. The predicted molar refractivity (Wildman–Crippen MR) is 120 cm³/mol. The van der Waals surface area contributed by atoms with E-state index in [1.807, 2.05) is 0 Å². The van der Waals surface area contributed by atoms with Crippen LogP contribution in [-0.2, 0) is 9.59 Å². The van der Waals surface area contributed by atoms with Gasteiger partial charge in [0.1, 0.15) is 0 Å². The van der Waals surface area contributed by atoms with Gasteiger partial charge in [-0.1, -0.05) is 25.7 Å². The molecule has 4 rings (SSSR count). The lowest BCUT2D eigenvalue weighted by Gasteiger charge is -2.38. The molecule has 0 aromatic carbocycles. The number of piperazine rings is 1. The normalized spacial score (nSPS) is 21.7. The summed E-state index contributed by atoms with van der Waals surface area (Å²) in [5.41, 5.74) is 4.68. The molecule has 0 unspecified atom stereocenters. The van der Waals surface area contributed by atoms with Gasteiger partial charge in [0.25, 0.3) is 6.43 Å². The number of nitrogens with zero attached hydrogens (tertiary/aromatic N) is 5. The molecule has 3 N–H and O–H groups in total. The van der Waals surface area contributed by atoms with Crippen molar-refractivity contribution in [2.45, 2.75) is 57.4 Å². The second-order valence-corrected chi connectivity index (χ2v) is 9.57. The summed E-state index contributed by atoms with van der Waals surface area (Å²) < 4.78 is 42.4. The van der Waals surface area contributed by atoms with Gasteiger partial charge < -0.3 is 4.90 Å². The van der Waals surface area contributed by atoms with Crippen LogP contribution in [0.15, 0.2) is 0 Å². The van der Waals surface area contributed by atoms with Gasteiger partial charge >= 0.3 is 0 Å². The quantitative estimate of drug-likeness (QED) is 0.255. The maximum atomic E-state index is 15.4. The van der Waals surface area contributed by atoms with Gasteiger partial charge in [-0.15, -0.1) is 0 Å². The van der Waals surface area contributed by atoms with Crippen molar-refractivity contribution in [3.63, 3.8) is 0 Å². The van der Waals surface area contributed by atoms with Crippen LogP contribution in [0.25, 0.3) is 0 Å². The Hall–Kier alpha value is -2.67. The van der Waals surface area contributed by atoms with E-state index in [1.165, 1.54) is 0 Å². The highest BCUT2D eigenvalue weighted by molar-refractivity contribution is 5.80. The van der Waals surface area contributed by atoms with E-state index >= 15 is 4.39 Å². The Balaban J connectivity index is 1.48. The molecule has 2 atom stereocenters. The molecule has 1 saturated carbocycles. The standard InChI is InChI=1S/C22H32F3N7O3/c23-17-19(28-29-22(34)15(11-32(35)13-33)10-14-4-1-2-5-14)26-20(18(24)25)27-21(17)31-9-8-30-7-3-6-16(30)12-31/h13-16,18,35H,1-12H2,(H,29,34)(H,26,27,28)/t15-,16+/m1/s1. The molecule has 1 aromatic heterocycles. The third-order valence-corrected chi connectivity index (χ3v) is 7.23. The largest absolute Gasteiger partial charge is 0.351 e. The number of amides is 2. The molecule has 3 fully saturated rings. The molecule has 35 heavy (non-hydrogen) atoms. The topological polar surface area (TPSA) is 114 Å². The average molecular weight is 500 g/mol. The Morgan fingerprint density at radius 3 is 2.66 bits per heavy atom. The zero-order valence-corrected chi connectivity index (χ0v) is 19.5. The predicted octanol–water partition coefficient (Wildman–Crippen LogP) is 2.32. The first kappa shape index (κ1) is 25.4. The van der Waals surface area contributed by atoms with Gasteiger partial charge in [-0.2, -0.15) is 4.39 Å². The molecule has 1 aromatic rings. The van der Waals surface area contributed by atoms with E-state index in [-0.39, 0.29) is 30.7 Å². The molecule has 3 heterocycles. The molecule has 10 nitrogen and oxygen atoms in total. The molecular formula is C22H32F3N7O3. The van der Waals surface area contributed by atoms with Crippen LogP contribution in [0.2, 0.25) is 0 Å². The van der Waals surface area contributed by atoms with Gasteiger partial charge in [0, 0.05) is 25.7 Å². The highest BCUT2D eigenvalue weighted by Gasteiger charge is 2.34. The number of hydrogen-bond acceptors (Lipinski definition) is 8. The number of carbonyl (C=O) groups is 2. The minimum absolute atomic E-state index is 0.206. The molecule has 0 radical (unpaired) electrons. The molecule has 0 spiro atoms. The first-order valence-electron chi connectivity index (χ1n) is 12.2. The first-order chi connectivity index (χ1) is 16.9. The zero-order chi connectivity index (χ0) is 24.9. The molecule has 13 heteroatoms. The van der Waals surface area contributed by atoms with Crippen LogP contribution in [-0.4, -0.2) is 76.2 Å². The van der Waals surface area contributed by atoms with E-state index in [0.29, 0.717) is 31.1 Å². The number of hydrazine groups is 1. The number of hydrogen-bond donors (Lipinski definition) is 3. The van der Waals surface area contributed by atoms with Crippen molar-refractivity contribution in [3.8, 4) is 0 Å². The maximum absolute atomic E-state index is 15.4. The van der Waals surface area contributed by atoms with E-state index < -0.39 is 35.7 Å². The Labute approximate surface area is 201 Å². The van der Waals surface area contributed by atoms with Crippen LogP contribution in [0.3, 0.4) is 0 Å². The van der Waals surface area contributed by atoms with Crippen molar-refractivity contribution in [1.29, 1.82) is 0 Å². The summed E-state index contributed by atoms with van der Waals surface area (Å²) in [4.78, 5) is 35.0. The van der Waals surface area contributed by atoms with E-state index in [9.17, 15) is 23.6 Å². The second kappa shape index (κ2) is 11.4. The van der Waals surface area contributed by atoms with Crippen LogP contribution in [0.5, 0.6) is 0 Å². The van der Waals surface area contributed by atoms with Crippen molar-refractivity contribution in [2.75, 3.05) is 43.0 Å². The number of nitrogens with one attached hydrogen (secondary N) is 2. The number of alkyl halides is 2. The molecular weight excluding hydrogens is 467 g/mol. The molecule has 2 aliphatic heterocycles. The van der Waals surface area contributed by atoms with Crippen LogP contribution in [0.4, 0.5) is 24.8 Å². The minimum atomic E-state index is -3.02. The number of carbonyl (C=O) groups excluding carboxylic acids is 2. The molecule has 1 aliphatic carbocycles. The monoisotopic (exact) mass is 499 g/mol. The lowest BCUT2D eigenvalue weighted by atomic mass is 9.92. The summed E-state index contributed by atoms with van der Waals surface area (Å²) in [5, 5.41) is 10.0. The zero-order valence-electron chi connectivity index (χ0n) is 19.5. The van der Waals surface area contributed by atoms with Gasteiger partial charge in [0.15, 0.2) is 17.5 Å². The smallest absolute Gasteiger partial charge is 0.297 e. The maximum Gasteiger partial charge on any atom is 0.297 e. The number of aromatic nitrogens is 2. The van der Waals surface area contributed by atoms with Gasteiger partial charge in [-0.25, -0.2) is 23.8 Å². The summed E-state index contributed by atoms with van der Waals surface area (Å²) in [6, 6.07) is 0.222.